The van der Waals surface area contributed by atoms with Crippen molar-refractivity contribution in [2.75, 3.05) is 12.4 Å². The van der Waals surface area contributed by atoms with Crippen molar-refractivity contribution in [3.05, 3.63) is 22.7 Å². The summed E-state index contributed by atoms with van der Waals surface area (Å²) in [6, 6.07) is 1.14. The zero-order valence-corrected chi connectivity index (χ0v) is 7.37. The van der Waals surface area contributed by atoms with Crippen molar-refractivity contribution in [3.8, 4) is 0 Å². The molecule has 0 aliphatic heterocycles. The molecule has 0 aromatic carbocycles. The molecule has 0 aliphatic carbocycles. The standard InChI is InChI=1S/C7H10N4O2/c1-8-6(12)9-5-3-4-11(2)7(13)10-5/h3-4H,1-2H3,(H2,8,9,10,12,13). The topological polar surface area (TPSA) is 76.0 Å². The van der Waals surface area contributed by atoms with Gasteiger partial charge >= 0.3 is 11.7 Å². The first-order valence-corrected chi connectivity index (χ1v) is 3.66. The normalized spacial score (nSPS) is 9.38. The minimum absolute atomic E-state index is 0.238. The van der Waals surface area contributed by atoms with Crippen molar-refractivity contribution >= 4 is 11.8 Å². The second-order valence-electron chi connectivity index (χ2n) is 2.41. The highest BCUT2D eigenvalue weighted by Gasteiger charge is 2.00. The van der Waals surface area contributed by atoms with Gasteiger partial charge in [0.05, 0.1) is 0 Å². The van der Waals surface area contributed by atoms with Gasteiger partial charge in [-0.3, -0.25) is 5.32 Å². The van der Waals surface area contributed by atoms with Gasteiger partial charge in [-0.25, -0.2) is 9.59 Å². The highest BCUT2D eigenvalue weighted by molar-refractivity contribution is 5.87. The number of aromatic nitrogens is 2. The zero-order valence-electron chi connectivity index (χ0n) is 7.37. The van der Waals surface area contributed by atoms with E-state index in [1.807, 2.05) is 0 Å². The molecule has 6 nitrogen and oxygen atoms in total. The number of urea groups is 1. The Hall–Kier alpha value is -1.85. The number of nitrogens with one attached hydrogen (secondary N) is 2. The monoisotopic (exact) mass is 182 g/mol. The molecule has 13 heavy (non-hydrogen) atoms. The van der Waals surface area contributed by atoms with Crippen LogP contribution < -0.4 is 16.3 Å². The highest BCUT2D eigenvalue weighted by atomic mass is 16.2. The van der Waals surface area contributed by atoms with E-state index < -0.39 is 11.7 Å². The molecule has 0 unspecified atom stereocenters. The molecule has 1 aromatic rings. The molecule has 0 atom stereocenters. The van der Waals surface area contributed by atoms with E-state index in [4.69, 9.17) is 0 Å². The summed E-state index contributed by atoms with van der Waals surface area (Å²) in [5.74, 6) is 0.238. The van der Waals surface area contributed by atoms with Crippen LogP contribution >= 0.6 is 0 Å². The molecule has 70 valence electrons. The second-order valence-corrected chi connectivity index (χ2v) is 2.41. The molecular formula is C7H10N4O2. The molecule has 2 N–H and O–H groups in total. The maximum Gasteiger partial charge on any atom is 0.349 e. The number of rotatable bonds is 1. The molecule has 6 heteroatoms. The summed E-state index contributed by atoms with van der Waals surface area (Å²) in [6.07, 6.45) is 1.53. The summed E-state index contributed by atoms with van der Waals surface area (Å²) in [7, 11) is 3.06. The van der Waals surface area contributed by atoms with E-state index in [1.54, 1.807) is 7.05 Å². The summed E-state index contributed by atoms with van der Waals surface area (Å²) in [5, 5.41) is 4.73. The number of nitrogens with zero attached hydrogens (tertiary/aromatic N) is 2. The molecule has 0 spiro atoms. The fraction of sp³-hybridized carbons (Fsp3) is 0.286. The number of anilines is 1. The summed E-state index contributed by atoms with van der Waals surface area (Å²) < 4.78 is 1.31. The van der Waals surface area contributed by atoms with E-state index in [0.717, 1.165) is 0 Å². The number of amides is 2. The molecular weight excluding hydrogens is 172 g/mol. The van der Waals surface area contributed by atoms with Gasteiger partial charge in [0.1, 0.15) is 5.82 Å². The fourth-order valence-corrected chi connectivity index (χ4v) is 0.714. The van der Waals surface area contributed by atoms with E-state index >= 15 is 0 Å². The molecule has 0 bridgehead atoms. The smallest absolute Gasteiger partial charge is 0.341 e. The molecule has 0 saturated carbocycles. The molecule has 0 saturated heterocycles. The molecule has 0 radical (unpaired) electrons. The van der Waals surface area contributed by atoms with E-state index in [1.165, 1.54) is 23.9 Å². The largest absolute Gasteiger partial charge is 0.349 e. The summed E-state index contributed by atoms with van der Waals surface area (Å²) in [4.78, 5) is 25.4. The lowest BCUT2D eigenvalue weighted by molar-refractivity contribution is 0.254. The molecule has 1 rings (SSSR count). The average Bonchev–Trinajstić information content (AvgIpc) is 2.11. The third-order valence-corrected chi connectivity index (χ3v) is 1.44. The number of hydrogen-bond donors (Lipinski definition) is 2. The number of carbonyl (C=O) groups excluding carboxylic acids is 1. The Kier molecular flexibility index (Phi) is 2.63. The Bertz CT molecular complexity index is 371. The molecule has 0 aliphatic rings. The van der Waals surface area contributed by atoms with Crippen molar-refractivity contribution in [1.29, 1.82) is 0 Å². The molecule has 0 fully saturated rings. The van der Waals surface area contributed by atoms with Gasteiger partial charge in [0, 0.05) is 20.3 Å². The third-order valence-electron chi connectivity index (χ3n) is 1.44. The minimum Gasteiger partial charge on any atom is -0.341 e. The van der Waals surface area contributed by atoms with Crippen LogP contribution in [-0.4, -0.2) is 22.6 Å². The lowest BCUT2D eigenvalue weighted by Gasteiger charge is -2.02. The Labute approximate surface area is 74.6 Å². The van der Waals surface area contributed by atoms with Crippen LogP contribution in [0, 0.1) is 0 Å². The maximum atomic E-state index is 11.0. The fourth-order valence-electron chi connectivity index (χ4n) is 0.714. The van der Waals surface area contributed by atoms with Crippen LogP contribution in [0.5, 0.6) is 0 Å². The maximum absolute atomic E-state index is 11.0. The van der Waals surface area contributed by atoms with E-state index in [2.05, 4.69) is 15.6 Å². The van der Waals surface area contributed by atoms with Crippen LogP contribution in [0.15, 0.2) is 17.1 Å². The first-order valence-electron chi connectivity index (χ1n) is 3.66. The number of aryl methyl sites for hydroxylation is 1. The first kappa shape index (κ1) is 9.24. The van der Waals surface area contributed by atoms with Crippen molar-refractivity contribution in [1.82, 2.24) is 14.9 Å². The minimum atomic E-state index is -0.408. The van der Waals surface area contributed by atoms with Crippen molar-refractivity contribution < 1.29 is 4.79 Å². The Morgan fingerprint density at radius 1 is 1.62 bits per heavy atom. The zero-order chi connectivity index (χ0) is 9.84. The van der Waals surface area contributed by atoms with Crippen molar-refractivity contribution in [3.63, 3.8) is 0 Å². The molecule has 1 aromatic heterocycles. The first-order chi connectivity index (χ1) is 6.13. The van der Waals surface area contributed by atoms with Gasteiger partial charge in [-0.1, -0.05) is 0 Å². The molecule has 1 heterocycles. The lowest BCUT2D eigenvalue weighted by Crippen LogP contribution is -2.27. The van der Waals surface area contributed by atoms with Crippen LogP contribution in [0.3, 0.4) is 0 Å². The van der Waals surface area contributed by atoms with Gasteiger partial charge in [-0.15, -0.1) is 0 Å². The summed E-state index contributed by atoms with van der Waals surface area (Å²) in [6.45, 7) is 0. The van der Waals surface area contributed by atoms with Crippen molar-refractivity contribution in [2.24, 2.45) is 7.05 Å². The van der Waals surface area contributed by atoms with Crippen LogP contribution in [0.2, 0.25) is 0 Å². The predicted molar refractivity (Wildman–Crippen MR) is 47.6 cm³/mol. The third kappa shape index (κ3) is 2.29. The summed E-state index contributed by atoms with van der Waals surface area (Å²) in [5.41, 5.74) is -0.408. The van der Waals surface area contributed by atoms with Crippen molar-refractivity contribution in [2.45, 2.75) is 0 Å². The Morgan fingerprint density at radius 2 is 2.31 bits per heavy atom. The van der Waals surface area contributed by atoms with Gasteiger partial charge in [0.2, 0.25) is 0 Å². The van der Waals surface area contributed by atoms with Gasteiger partial charge < -0.3 is 9.88 Å². The van der Waals surface area contributed by atoms with Gasteiger partial charge in [-0.05, 0) is 6.07 Å². The van der Waals surface area contributed by atoms with E-state index in [-0.39, 0.29) is 5.82 Å². The van der Waals surface area contributed by atoms with Crippen LogP contribution in [0.4, 0.5) is 10.6 Å². The van der Waals surface area contributed by atoms with E-state index in [0.29, 0.717) is 0 Å². The Balaban J connectivity index is 2.86. The van der Waals surface area contributed by atoms with Gasteiger partial charge in [0.15, 0.2) is 0 Å². The van der Waals surface area contributed by atoms with Crippen LogP contribution in [0.25, 0.3) is 0 Å². The SMILES string of the molecule is CNC(=O)Nc1ccn(C)c(=O)n1. The average molecular weight is 182 g/mol. The van der Waals surface area contributed by atoms with Gasteiger partial charge in [-0.2, -0.15) is 4.98 Å². The van der Waals surface area contributed by atoms with Crippen LogP contribution in [-0.2, 0) is 7.05 Å². The number of hydrogen-bond acceptors (Lipinski definition) is 3. The highest BCUT2D eigenvalue weighted by Crippen LogP contribution is 1.95. The number of carbonyl (C=O) groups is 1. The van der Waals surface area contributed by atoms with Gasteiger partial charge in [0.25, 0.3) is 0 Å². The van der Waals surface area contributed by atoms with E-state index in [9.17, 15) is 9.59 Å². The summed E-state index contributed by atoms with van der Waals surface area (Å²) >= 11 is 0. The second kappa shape index (κ2) is 3.70. The predicted octanol–water partition coefficient (Wildman–Crippen LogP) is -0.468. The molecule has 2 amide bonds. The quantitative estimate of drug-likeness (QED) is 0.616. The Morgan fingerprint density at radius 3 is 2.85 bits per heavy atom. The lowest BCUT2D eigenvalue weighted by atomic mass is 10.6. The van der Waals surface area contributed by atoms with Crippen LogP contribution in [0.1, 0.15) is 0 Å².